The number of hydrogen-bond donors (Lipinski definition) is 1. The number of benzene rings is 1. The summed E-state index contributed by atoms with van der Waals surface area (Å²) in [6, 6.07) is 6.36. The van der Waals surface area contributed by atoms with Gasteiger partial charge in [-0.25, -0.2) is 9.78 Å². The summed E-state index contributed by atoms with van der Waals surface area (Å²) in [7, 11) is 0. The van der Waals surface area contributed by atoms with E-state index in [2.05, 4.69) is 4.98 Å². The third kappa shape index (κ3) is 3.10. The van der Waals surface area contributed by atoms with Gasteiger partial charge in [0.15, 0.2) is 0 Å². The largest absolute Gasteiger partial charge is 0.492 e. The van der Waals surface area contributed by atoms with E-state index in [0.717, 1.165) is 5.69 Å². The van der Waals surface area contributed by atoms with Gasteiger partial charge in [0.25, 0.3) is 0 Å². The van der Waals surface area contributed by atoms with Crippen molar-refractivity contribution in [1.82, 2.24) is 9.55 Å². The van der Waals surface area contributed by atoms with Crippen molar-refractivity contribution in [2.24, 2.45) is 0 Å². The van der Waals surface area contributed by atoms with Gasteiger partial charge in [-0.2, -0.15) is 0 Å². The van der Waals surface area contributed by atoms with Crippen molar-refractivity contribution in [3.63, 3.8) is 0 Å². The minimum Gasteiger partial charge on any atom is -0.492 e. The van der Waals surface area contributed by atoms with Crippen molar-refractivity contribution in [3.05, 3.63) is 48.0 Å². The van der Waals surface area contributed by atoms with Crippen molar-refractivity contribution in [3.8, 4) is 5.75 Å². The lowest BCUT2D eigenvalue weighted by molar-refractivity contribution is 0.0697. The number of rotatable bonds is 5. The lowest BCUT2D eigenvalue weighted by Crippen LogP contribution is -2.06. The fraction of sp³-hybridized carbons (Fsp3) is 0.231. The number of imidazole rings is 1. The van der Waals surface area contributed by atoms with Gasteiger partial charge >= 0.3 is 5.97 Å². The Hall–Kier alpha value is -2.30. The number of hydrogen-bond acceptors (Lipinski definition) is 3. The SMILES string of the molecule is Cc1cn(CCOc2ccc(C(=O)O)cc2)cn1. The maximum absolute atomic E-state index is 10.7. The Morgan fingerprint density at radius 2 is 2.11 bits per heavy atom. The molecule has 0 saturated carbocycles. The molecule has 0 unspecified atom stereocenters. The molecule has 0 aliphatic heterocycles. The summed E-state index contributed by atoms with van der Waals surface area (Å²) < 4.78 is 7.46. The zero-order chi connectivity index (χ0) is 13.0. The van der Waals surface area contributed by atoms with Crippen LogP contribution in [0.3, 0.4) is 0 Å². The molecule has 0 aliphatic carbocycles. The Bertz CT molecular complexity index is 531. The van der Waals surface area contributed by atoms with Crippen LogP contribution < -0.4 is 4.74 Å². The normalized spacial score (nSPS) is 10.3. The van der Waals surface area contributed by atoms with Crippen molar-refractivity contribution >= 4 is 5.97 Å². The molecule has 5 heteroatoms. The highest BCUT2D eigenvalue weighted by molar-refractivity contribution is 5.87. The fourth-order valence-corrected chi connectivity index (χ4v) is 1.56. The first-order chi connectivity index (χ1) is 8.65. The summed E-state index contributed by atoms with van der Waals surface area (Å²) in [5.41, 5.74) is 1.23. The topological polar surface area (TPSA) is 64.3 Å². The zero-order valence-electron chi connectivity index (χ0n) is 10.0. The van der Waals surface area contributed by atoms with Crippen molar-refractivity contribution < 1.29 is 14.6 Å². The van der Waals surface area contributed by atoms with Gasteiger partial charge in [0.1, 0.15) is 12.4 Å². The van der Waals surface area contributed by atoms with Crippen LogP contribution in [0.2, 0.25) is 0 Å². The minimum atomic E-state index is -0.935. The Labute approximate surface area is 105 Å². The van der Waals surface area contributed by atoms with Crippen LogP contribution in [-0.2, 0) is 6.54 Å². The number of carboxylic acid groups (broad SMARTS) is 1. The number of carboxylic acids is 1. The Kier molecular flexibility index (Phi) is 3.62. The monoisotopic (exact) mass is 246 g/mol. The van der Waals surface area contributed by atoms with Gasteiger partial charge in [-0.05, 0) is 31.2 Å². The van der Waals surface area contributed by atoms with Crippen LogP contribution in [0, 0.1) is 6.92 Å². The van der Waals surface area contributed by atoms with E-state index in [1.807, 2.05) is 17.7 Å². The van der Waals surface area contributed by atoms with Gasteiger partial charge in [-0.1, -0.05) is 0 Å². The van der Waals surface area contributed by atoms with Gasteiger partial charge in [-0.3, -0.25) is 0 Å². The molecule has 94 valence electrons. The van der Waals surface area contributed by atoms with Crippen LogP contribution in [0.1, 0.15) is 16.1 Å². The van der Waals surface area contributed by atoms with E-state index in [4.69, 9.17) is 9.84 Å². The lowest BCUT2D eigenvalue weighted by Gasteiger charge is -2.06. The summed E-state index contributed by atoms with van der Waals surface area (Å²) in [5.74, 6) is -0.271. The molecule has 5 nitrogen and oxygen atoms in total. The molecule has 1 N–H and O–H groups in total. The number of ether oxygens (including phenoxy) is 1. The molecule has 1 heterocycles. The lowest BCUT2D eigenvalue weighted by atomic mass is 10.2. The predicted molar refractivity (Wildman–Crippen MR) is 65.9 cm³/mol. The Balaban J connectivity index is 1.85. The molecule has 0 radical (unpaired) electrons. The highest BCUT2D eigenvalue weighted by atomic mass is 16.5. The molecule has 1 aromatic carbocycles. The molecule has 0 bridgehead atoms. The molecule has 0 aliphatic rings. The first kappa shape index (κ1) is 12.2. The number of aryl methyl sites for hydroxylation is 1. The summed E-state index contributed by atoms with van der Waals surface area (Å²) in [5, 5.41) is 8.75. The summed E-state index contributed by atoms with van der Waals surface area (Å²) >= 11 is 0. The first-order valence-electron chi connectivity index (χ1n) is 5.60. The second kappa shape index (κ2) is 5.35. The second-order valence-electron chi connectivity index (χ2n) is 3.93. The summed E-state index contributed by atoms with van der Waals surface area (Å²) in [6.45, 7) is 3.16. The van der Waals surface area contributed by atoms with E-state index in [0.29, 0.717) is 18.9 Å². The molecule has 0 fully saturated rings. The van der Waals surface area contributed by atoms with E-state index in [9.17, 15) is 4.79 Å². The molecular weight excluding hydrogens is 232 g/mol. The van der Waals surface area contributed by atoms with Gasteiger partial charge in [0.2, 0.25) is 0 Å². The Morgan fingerprint density at radius 3 is 2.67 bits per heavy atom. The average molecular weight is 246 g/mol. The second-order valence-corrected chi connectivity index (χ2v) is 3.93. The number of nitrogens with zero attached hydrogens (tertiary/aromatic N) is 2. The van der Waals surface area contributed by atoms with Crippen molar-refractivity contribution in [2.45, 2.75) is 13.5 Å². The molecule has 2 aromatic rings. The molecule has 2 rings (SSSR count). The van der Waals surface area contributed by atoms with Crippen molar-refractivity contribution in [2.75, 3.05) is 6.61 Å². The number of aromatic nitrogens is 2. The molecule has 18 heavy (non-hydrogen) atoms. The van der Waals surface area contributed by atoms with Crippen LogP contribution in [0.15, 0.2) is 36.8 Å². The maximum atomic E-state index is 10.7. The van der Waals surface area contributed by atoms with E-state index < -0.39 is 5.97 Å². The predicted octanol–water partition coefficient (Wildman–Crippen LogP) is 1.97. The van der Waals surface area contributed by atoms with Gasteiger partial charge < -0.3 is 14.4 Å². The molecule has 0 amide bonds. The molecule has 1 aromatic heterocycles. The average Bonchev–Trinajstić information content (AvgIpc) is 2.76. The van der Waals surface area contributed by atoms with Gasteiger partial charge in [0, 0.05) is 6.20 Å². The van der Waals surface area contributed by atoms with E-state index in [1.54, 1.807) is 18.5 Å². The van der Waals surface area contributed by atoms with Crippen molar-refractivity contribution in [1.29, 1.82) is 0 Å². The first-order valence-corrected chi connectivity index (χ1v) is 5.60. The fourth-order valence-electron chi connectivity index (χ4n) is 1.56. The summed E-state index contributed by atoms with van der Waals surface area (Å²) in [4.78, 5) is 14.8. The summed E-state index contributed by atoms with van der Waals surface area (Å²) in [6.07, 6.45) is 3.70. The molecule has 0 atom stereocenters. The van der Waals surface area contributed by atoms with Crippen LogP contribution in [0.5, 0.6) is 5.75 Å². The van der Waals surface area contributed by atoms with E-state index in [-0.39, 0.29) is 5.56 Å². The maximum Gasteiger partial charge on any atom is 0.335 e. The van der Waals surface area contributed by atoms with E-state index >= 15 is 0 Å². The molecule has 0 saturated heterocycles. The Morgan fingerprint density at radius 1 is 1.39 bits per heavy atom. The minimum absolute atomic E-state index is 0.257. The van der Waals surface area contributed by atoms with Crippen LogP contribution in [-0.4, -0.2) is 27.2 Å². The van der Waals surface area contributed by atoms with Gasteiger partial charge in [0.05, 0.1) is 24.1 Å². The number of aromatic carboxylic acids is 1. The quantitative estimate of drug-likeness (QED) is 0.876. The third-order valence-corrected chi connectivity index (χ3v) is 2.48. The zero-order valence-corrected chi connectivity index (χ0v) is 10.0. The number of carbonyl (C=O) groups is 1. The standard InChI is InChI=1S/C13H14N2O3/c1-10-8-15(9-14-10)6-7-18-12-4-2-11(3-5-12)13(16)17/h2-5,8-9H,6-7H2,1H3,(H,16,17). The van der Waals surface area contributed by atoms with E-state index in [1.165, 1.54) is 12.1 Å². The smallest absolute Gasteiger partial charge is 0.335 e. The highest BCUT2D eigenvalue weighted by Gasteiger charge is 2.02. The molecule has 0 spiro atoms. The van der Waals surface area contributed by atoms with Crippen LogP contribution in [0.25, 0.3) is 0 Å². The third-order valence-electron chi connectivity index (χ3n) is 2.48. The van der Waals surface area contributed by atoms with Crippen LogP contribution in [0.4, 0.5) is 0 Å². The van der Waals surface area contributed by atoms with Crippen LogP contribution >= 0.6 is 0 Å². The molecular formula is C13H14N2O3. The van der Waals surface area contributed by atoms with Gasteiger partial charge in [-0.15, -0.1) is 0 Å². The highest BCUT2D eigenvalue weighted by Crippen LogP contribution is 2.12.